The summed E-state index contributed by atoms with van der Waals surface area (Å²) < 4.78 is 2.10. The summed E-state index contributed by atoms with van der Waals surface area (Å²) in [7, 11) is 0. The van der Waals surface area contributed by atoms with Crippen LogP contribution in [-0.4, -0.2) is 25.6 Å². The van der Waals surface area contributed by atoms with Gasteiger partial charge in [0.05, 0.1) is 23.3 Å². The normalized spacial score (nSPS) is 15.3. The van der Waals surface area contributed by atoms with Crippen molar-refractivity contribution in [2.24, 2.45) is 0 Å². The lowest BCUT2D eigenvalue weighted by Crippen LogP contribution is -2.27. The predicted octanol–water partition coefficient (Wildman–Crippen LogP) is 5.88. The number of carbonyl (C=O) groups excluding carboxylic acids is 2. The van der Waals surface area contributed by atoms with E-state index in [1.807, 2.05) is 86.8 Å². The number of benzene rings is 2. The molecule has 1 aliphatic heterocycles. The minimum absolute atomic E-state index is 0.241. The Morgan fingerprint density at radius 1 is 1.00 bits per heavy atom. The lowest BCUT2D eigenvalue weighted by Gasteiger charge is -2.14. The first-order valence-electron chi connectivity index (χ1n) is 10.3. The molecular weight excluding hydrogens is 418 g/mol. The number of aromatic nitrogens is 2. The van der Waals surface area contributed by atoms with Gasteiger partial charge in [0.15, 0.2) is 0 Å². The summed E-state index contributed by atoms with van der Waals surface area (Å²) in [4.78, 5) is 31.8. The van der Waals surface area contributed by atoms with Crippen LogP contribution < -0.4 is 0 Å². The summed E-state index contributed by atoms with van der Waals surface area (Å²) in [5, 5.41) is 1.91. The first-order chi connectivity index (χ1) is 15.5. The van der Waals surface area contributed by atoms with Crippen molar-refractivity contribution in [2.45, 2.75) is 20.4 Å². The molecule has 0 bridgehead atoms. The summed E-state index contributed by atoms with van der Waals surface area (Å²) >= 11 is 0.998. The molecule has 0 radical (unpaired) electrons. The van der Waals surface area contributed by atoms with Crippen LogP contribution in [0.25, 0.3) is 22.5 Å². The molecule has 2 amide bonds. The van der Waals surface area contributed by atoms with E-state index in [4.69, 9.17) is 0 Å². The number of pyridine rings is 1. The zero-order valence-electron chi connectivity index (χ0n) is 17.8. The Labute approximate surface area is 190 Å². The maximum atomic E-state index is 13.1. The second-order valence-corrected chi connectivity index (χ2v) is 8.77. The van der Waals surface area contributed by atoms with Crippen molar-refractivity contribution in [3.05, 3.63) is 100 Å². The molecule has 1 fully saturated rings. The Kier molecular flexibility index (Phi) is 5.15. The van der Waals surface area contributed by atoms with E-state index in [-0.39, 0.29) is 17.7 Å². The van der Waals surface area contributed by atoms with Gasteiger partial charge in [-0.25, -0.2) is 0 Å². The lowest BCUT2D eigenvalue weighted by atomic mass is 10.0. The molecule has 0 N–H and O–H groups in total. The van der Waals surface area contributed by atoms with Gasteiger partial charge >= 0.3 is 0 Å². The zero-order chi connectivity index (χ0) is 22.2. The molecule has 0 saturated carbocycles. The number of rotatable bonds is 4. The fourth-order valence-corrected chi connectivity index (χ4v) is 5.02. The topological polar surface area (TPSA) is 55.2 Å². The predicted molar refractivity (Wildman–Crippen MR) is 128 cm³/mol. The molecule has 5 nitrogen and oxygen atoms in total. The van der Waals surface area contributed by atoms with Gasteiger partial charge in [-0.05, 0) is 71.8 Å². The van der Waals surface area contributed by atoms with Crippen LogP contribution in [0.5, 0.6) is 0 Å². The van der Waals surface area contributed by atoms with Gasteiger partial charge in [0.2, 0.25) is 0 Å². The second-order valence-electron chi connectivity index (χ2n) is 7.78. The van der Waals surface area contributed by atoms with Crippen LogP contribution in [0, 0.1) is 13.8 Å². The molecule has 0 atom stereocenters. The van der Waals surface area contributed by atoms with Gasteiger partial charge < -0.3 is 4.57 Å². The van der Waals surface area contributed by atoms with E-state index in [0.717, 1.165) is 50.7 Å². The quantitative estimate of drug-likeness (QED) is 0.373. The summed E-state index contributed by atoms with van der Waals surface area (Å²) in [6.07, 6.45) is 5.37. The number of carbonyl (C=O) groups is 2. The van der Waals surface area contributed by atoms with Crippen LogP contribution in [0.4, 0.5) is 4.79 Å². The lowest BCUT2D eigenvalue weighted by molar-refractivity contribution is -0.123. The molecule has 32 heavy (non-hydrogen) atoms. The average molecular weight is 440 g/mol. The number of amides is 2. The molecule has 2 aromatic carbocycles. The van der Waals surface area contributed by atoms with Crippen molar-refractivity contribution < 1.29 is 9.59 Å². The molecule has 1 saturated heterocycles. The van der Waals surface area contributed by atoms with Gasteiger partial charge in [-0.3, -0.25) is 19.5 Å². The Balaban J connectivity index is 1.46. The summed E-state index contributed by atoms with van der Waals surface area (Å²) in [6, 6.07) is 19.9. The van der Waals surface area contributed by atoms with Gasteiger partial charge in [0.1, 0.15) is 0 Å². The molecule has 4 aromatic rings. The van der Waals surface area contributed by atoms with E-state index < -0.39 is 0 Å². The molecule has 158 valence electrons. The smallest absolute Gasteiger partial charge is 0.293 e. The summed E-state index contributed by atoms with van der Waals surface area (Å²) in [5.41, 5.74) is 4.88. The van der Waals surface area contributed by atoms with E-state index >= 15 is 0 Å². The maximum absolute atomic E-state index is 13.1. The van der Waals surface area contributed by atoms with Crippen LogP contribution >= 0.6 is 11.8 Å². The SMILES string of the molecule is Cc1cc(/C=C2/SC(=O)N(Cc3cccc4ccccc34)C2=O)c(C)n1-c1cccnc1. The van der Waals surface area contributed by atoms with Crippen molar-refractivity contribution in [3.63, 3.8) is 0 Å². The molecule has 2 aromatic heterocycles. The van der Waals surface area contributed by atoms with Crippen LogP contribution in [0.2, 0.25) is 0 Å². The minimum Gasteiger partial charge on any atom is -0.316 e. The van der Waals surface area contributed by atoms with Crippen LogP contribution in [0.15, 0.2) is 78.0 Å². The Morgan fingerprint density at radius 3 is 2.62 bits per heavy atom. The van der Waals surface area contributed by atoms with E-state index in [2.05, 4.69) is 9.55 Å². The first kappa shape index (κ1) is 20.3. The third-order valence-electron chi connectivity index (χ3n) is 5.74. The van der Waals surface area contributed by atoms with Crippen LogP contribution in [0.1, 0.15) is 22.5 Å². The summed E-state index contributed by atoms with van der Waals surface area (Å²) in [6.45, 7) is 4.29. The molecule has 1 aliphatic rings. The number of imide groups is 1. The molecule has 3 heterocycles. The third-order valence-corrected chi connectivity index (χ3v) is 6.65. The molecule has 0 aliphatic carbocycles. The van der Waals surface area contributed by atoms with E-state index in [1.165, 1.54) is 4.90 Å². The maximum Gasteiger partial charge on any atom is 0.293 e. The Hall–Kier alpha value is -3.64. The number of hydrogen-bond donors (Lipinski definition) is 0. The fraction of sp³-hybridized carbons (Fsp3) is 0.115. The van der Waals surface area contributed by atoms with Crippen molar-refractivity contribution in [1.29, 1.82) is 0 Å². The number of nitrogens with zero attached hydrogens (tertiary/aromatic N) is 3. The number of fused-ring (bicyclic) bond motifs is 1. The van der Waals surface area contributed by atoms with E-state index in [0.29, 0.717) is 4.91 Å². The molecule has 5 rings (SSSR count). The third kappa shape index (κ3) is 3.52. The van der Waals surface area contributed by atoms with Crippen molar-refractivity contribution in [1.82, 2.24) is 14.5 Å². The van der Waals surface area contributed by atoms with E-state index in [1.54, 1.807) is 6.20 Å². The van der Waals surface area contributed by atoms with Gasteiger partial charge in [-0.1, -0.05) is 42.5 Å². The second kappa shape index (κ2) is 8.13. The largest absolute Gasteiger partial charge is 0.316 e. The van der Waals surface area contributed by atoms with Crippen LogP contribution in [0.3, 0.4) is 0 Å². The number of aryl methyl sites for hydroxylation is 1. The number of thioether (sulfide) groups is 1. The molecule has 0 unspecified atom stereocenters. The average Bonchev–Trinajstić information content (AvgIpc) is 3.23. The highest BCUT2D eigenvalue weighted by molar-refractivity contribution is 8.18. The van der Waals surface area contributed by atoms with Crippen molar-refractivity contribution in [3.8, 4) is 5.69 Å². The summed E-state index contributed by atoms with van der Waals surface area (Å²) in [5.74, 6) is -0.251. The Bertz CT molecular complexity index is 1380. The van der Waals surface area contributed by atoms with Crippen molar-refractivity contribution >= 4 is 39.8 Å². The highest BCUT2D eigenvalue weighted by Crippen LogP contribution is 2.35. The zero-order valence-corrected chi connectivity index (χ0v) is 18.6. The Morgan fingerprint density at radius 2 is 1.81 bits per heavy atom. The van der Waals surface area contributed by atoms with Gasteiger partial charge in [-0.15, -0.1) is 0 Å². The van der Waals surface area contributed by atoms with Crippen LogP contribution in [-0.2, 0) is 11.3 Å². The van der Waals surface area contributed by atoms with Gasteiger partial charge in [0.25, 0.3) is 11.1 Å². The standard InChI is InChI=1S/C26H21N3O2S/c1-17-13-21(18(2)29(17)22-10-6-12-27-15-22)14-24-25(30)28(26(31)32-24)16-20-9-5-8-19-7-3-4-11-23(19)20/h3-15H,16H2,1-2H3/b24-14+. The van der Waals surface area contributed by atoms with E-state index in [9.17, 15) is 9.59 Å². The highest BCUT2D eigenvalue weighted by Gasteiger charge is 2.35. The minimum atomic E-state index is -0.251. The van der Waals surface area contributed by atoms with Crippen molar-refractivity contribution in [2.75, 3.05) is 0 Å². The number of hydrogen-bond acceptors (Lipinski definition) is 4. The fourth-order valence-electron chi connectivity index (χ4n) is 4.20. The highest BCUT2D eigenvalue weighted by atomic mass is 32.2. The molecule has 0 spiro atoms. The first-order valence-corrected chi connectivity index (χ1v) is 11.2. The van der Waals surface area contributed by atoms with Gasteiger partial charge in [0, 0.05) is 17.6 Å². The molecule has 6 heteroatoms. The molecular formula is C26H21N3O2S. The van der Waals surface area contributed by atoms with Gasteiger partial charge in [-0.2, -0.15) is 0 Å². The monoisotopic (exact) mass is 439 g/mol.